The van der Waals surface area contributed by atoms with Crippen LogP contribution >= 0.6 is 0 Å². The molecule has 2 N–H and O–H groups in total. The van der Waals surface area contributed by atoms with E-state index >= 15 is 0 Å². The van der Waals surface area contributed by atoms with E-state index in [1.165, 1.54) is 25.3 Å². The summed E-state index contributed by atoms with van der Waals surface area (Å²) in [7, 11) is 1.38. The third kappa shape index (κ3) is 3.79. The van der Waals surface area contributed by atoms with Crippen molar-refractivity contribution in [3.05, 3.63) is 53.9 Å². The van der Waals surface area contributed by atoms with Crippen LogP contribution in [0.4, 0.5) is 5.69 Å². The van der Waals surface area contributed by atoms with Crippen LogP contribution in [0, 0.1) is 0 Å². The van der Waals surface area contributed by atoms with E-state index < -0.39 is 5.97 Å². The smallest absolute Gasteiger partial charge is 0.339 e. The number of methoxy groups -OCH3 is 1. The zero-order valence-electron chi connectivity index (χ0n) is 11.4. The Hall–Kier alpha value is -2.89. The maximum absolute atomic E-state index is 11.9. The number of aromatic carboxylic acids is 1. The topological polar surface area (TPSA) is 88.5 Å². The van der Waals surface area contributed by atoms with Gasteiger partial charge in [0.15, 0.2) is 0 Å². The summed E-state index contributed by atoms with van der Waals surface area (Å²) >= 11 is 0. The molecule has 0 aliphatic carbocycles. The first-order chi connectivity index (χ1) is 10.1. The van der Waals surface area contributed by atoms with E-state index in [0.29, 0.717) is 11.4 Å². The molecule has 2 rings (SSSR count). The second-order valence-corrected chi connectivity index (χ2v) is 4.27. The van der Waals surface area contributed by atoms with Crippen molar-refractivity contribution in [1.29, 1.82) is 0 Å². The second-order valence-electron chi connectivity index (χ2n) is 4.27. The monoisotopic (exact) mass is 286 g/mol. The van der Waals surface area contributed by atoms with Crippen molar-refractivity contribution >= 4 is 17.6 Å². The number of carbonyl (C=O) groups is 2. The van der Waals surface area contributed by atoms with Gasteiger partial charge in [-0.3, -0.25) is 9.78 Å². The van der Waals surface area contributed by atoms with Gasteiger partial charge < -0.3 is 15.2 Å². The predicted molar refractivity (Wildman–Crippen MR) is 76.5 cm³/mol. The fraction of sp³-hybridized carbons (Fsp3) is 0.133. The van der Waals surface area contributed by atoms with E-state index in [-0.39, 0.29) is 23.6 Å². The van der Waals surface area contributed by atoms with Crippen LogP contribution in [0.1, 0.15) is 16.1 Å². The van der Waals surface area contributed by atoms with Crippen molar-refractivity contribution in [1.82, 2.24) is 4.98 Å². The molecule has 0 fully saturated rings. The number of carboxylic acid groups (broad SMARTS) is 1. The minimum Gasteiger partial charge on any atom is -0.496 e. The first-order valence-corrected chi connectivity index (χ1v) is 6.21. The van der Waals surface area contributed by atoms with Gasteiger partial charge in [0.05, 0.1) is 13.5 Å². The average Bonchev–Trinajstić information content (AvgIpc) is 2.47. The van der Waals surface area contributed by atoms with Gasteiger partial charge in [-0.05, 0) is 24.3 Å². The lowest BCUT2D eigenvalue weighted by Gasteiger charge is -2.09. The molecule has 21 heavy (non-hydrogen) atoms. The zero-order valence-corrected chi connectivity index (χ0v) is 11.4. The van der Waals surface area contributed by atoms with E-state index in [1.807, 2.05) is 0 Å². The van der Waals surface area contributed by atoms with Gasteiger partial charge in [0.25, 0.3) is 0 Å². The summed E-state index contributed by atoms with van der Waals surface area (Å²) in [6.45, 7) is 0. The van der Waals surface area contributed by atoms with Crippen molar-refractivity contribution in [2.24, 2.45) is 0 Å². The summed E-state index contributed by atoms with van der Waals surface area (Å²) < 4.78 is 5.00. The van der Waals surface area contributed by atoms with Gasteiger partial charge in [-0.1, -0.05) is 6.07 Å². The fourth-order valence-corrected chi connectivity index (χ4v) is 1.82. The van der Waals surface area contributed by atoms with E-state index in [2.05, 4.69) is 10.3 Å². The Bertz CT molecular complexity index is 656. The van der Waals surface area contributed by atoms with Crippen molar-refractivity contribution < 1.29 is 19.4 Å². The molecule has 1 aromatic heterocycles. The molecular formula is C15H14N2O4. The van der Waals surface area contributed by atoms with E-state index in [4.69, 9.17) is 9.84 Å². The highest BCUT2D eigenvalue weighted by Crippen LogP contribution is 2.23. The Morgan fingerprint density at radius 1 is 1.29 bits per heavy atom. The normalized spacial score (nSPS) is 9.95. The summed E-state index contributed by atoms with van der Waals surface area (Å²) in [5.74, 6) is -1.13. The van der Waals surface area contributed by atoms with Crippen LogP contribution in [0.15, 0.2) is 42.6 Å². The number of aromatic nitrogens is 1. The Balaban J connectivity index is 2.09. The van der Waals surface area contributed by atoms with E-state index in [1.54, 1.807) is 24.4 Å². The second kappa shape index (κ2) is 6.51. The Labute approximate surface area is 121 Å². The number of nitrogens with zero attached hydrogens (tertiary/aromatic N) is 1. The lowest BCUT2D eigenvalue weighted by molar-refractivity contribution is -0.115. The molecule has 0 bridgehead atoms. The van der Waals surface area contributed by atoms with Gasteiger partial charge in [0.2, 0.25) is 5.91 Å². The first-order valence-electron chi connectivity index (χ1n) is 6.21. The molecule has 0 spiro atoms. The molecule has 1 aromatic carbocycles. The first kappa shape index (κ1) is 14.5. The van der Waals surface area contributed by atoms with Gasteiger partial charge in [0.1, 0.15) is 11.3 Å². The molecular weight excluding hydrogens is 272 g/mol. The maximum Gasteiger partial charge on any atom is 0.339 e. The molecule has 2 aromatic rings. The van der Waals surface area contributed by atoms with Gasteiger partial charge in [-0.15, -0.1) is 0 Å². The zero-order chi connectivity index (χ0) is 15.2. The minimum absolute atomic E-state index is 0.0419. The number of pyridine rings is 1. The van der Waals surface area contributed by atoms with Crippen molar-refractivity contribution in [3.8, 4) is 5.75 Å². The molecule has 0 unspecified atom stereocenters. The molecule has 0 saturated carbocycles. The van der Waals surface area contributed by atoms with Crippen LogP contribution in [0.25, 0.3) is 0 Å². The number of hydrogen-bond acceptors (Lipinski definition) is 4. The van der Waals surface area contributed by atoms with Crippen LogP contribution in [0.2, 0.25) is 0 Å². The molecule has 0 atom stereocenters. The van der Waals surface area contributed by atoms with Crippen molar-refractivity contribution in [2.45, 2.75) is 6.42 Å². The predicted octanol–water partition coefficient (Wildman–Crippen LogP) is 1.97. The molecule has 0 radical (unpaired) electrons. The number of carbonyl (C=O) groups excluding carboxylic acids is 1. The van der Waals surface area contributed by atoms with Crippen LogP contribution in [0.3, 0.4) is 0 Å². The fourth-order valence-electron chi connectivity index (χ4n) is 1.82. The summed E-state index contributed by atoms with van der Waals surface area (Å²) in [5, 5.41) is 11.7. The number of hydrogen-bond donors (Lipinski definition) is 2. The summed E-state index contributed by atoms with van der Waals surface area (Å²) in [4.78, 5) is 26.9. The molecule has 0 aliphatic rings. The number of amides is 1. The Kier molecular flexibility index (Phi) is 4.50. The molecule has 6 nitrogen and oxygen atoms in total. The van der Waals surface area contributed by atoms with Gasteiger partial charge in [0, 0.05) is 23.6 Å². The van der Waals surface area contributed by atoms with Gasteiger partial charge in [-0.25, -0.2) is 4.79 Å². The van der Waals surface area contributed by atoms with Crippen LogP contribution in [0.5, 0.6) is 5.75 Å². The quantitative estimate of drug-likeness (QED) is 0.877. The molecule has 0 aliphatic heterocycles. The Morgan fingerprint density at radius 2 is 2.10 bits per heavy atom. The maximum atomic E-state index is 11.9. The number of ether oxygens (including phenoxy) is 1. The summed E-state index contributed by atoms with van der Waals surface area (Å²) in [5.41, 5.74) is 1.17. The van der Waals surface area contributed by atoms with E-state index in [0.717, 1.165) is 0 Å². The Morgan fingerprint density at radius 3 is 2.71 bits per heavy atom. The lowest BCUT2D eigenvalue weighted by atomic mass is 10.1. The number of carboxylic acids is 1. The number of nitrogens with one attached hydrogen (secondary N) is 1. The van der Waals surface area contributed by atoms with Crippen LogP contribution in [-0.2, 0) is 11.2 Å². The third-order valence-electron chi connectivity index (χ3n) is 2.78. The SMILES string of the molecule is COc1cc(NC(=O)Cc2ccccn2)ccc1C(=O)O. The van der Waals surface area contributed by atoms with Gasteiger partial charge in [-0.2, -0.15) is 0 Å². The molecule has 0 saturated heterocycles. The minimum atomic E-state index is -1.08. The summed E-state index contributed by atoms with van der Waals surface area (Å²) in [6.07, 6.45) is 1.76. The highest BCUT2D eigenvalue weighted by molar-refractivity contribution is 5.95. The highest BCUT2D eigenvalue weighted by Gasteiger charge is 2.12. The molecule has 1 heterocycles. The standard InChI is InChI=1S/C15H14N2O4/c1-21-13-8-11(5-6-12(13)15(19)20)17-14(18)9-10-4-2-3-7-16-10/h2-8H,9H2,1H3,(H,17,18)(H,19,20). The molecule has 108 valence electrons. The van der Waals surface area contributed by atoms with Crippen molar-refractivity contribution in [2.75, 3.05) is 12.4 Å². The molecule has 1 amide bonds. The lowest BCUT2D eigenvalue weighted by Crippen LogP contribution is -2.15. The largest absolute Gasteiger partial charge is 0.496 e. The van der Waals surface area contributed by atoms with Crippen LogP contribution < -0.4 is 10.1 Å². The number of benzene rings is 1. The summed E-state index contributed by atoms with van der Waals surface area (Å²) in [6, 6.07) is 9.71. The number of anilines is 1. The highest BCUT2D eigenvalue weighted by atomic mass is 16.5. The van der Waals surface area contributed by atoms with Crippen LogP contribution in [-0.4, -0.2) is 29.1 Å². The molecule has 6 heteroatoms. The van der Waals surface area contributed by atoms with Gasteiger partial charge >= 0.3 is 5.97 Å². The average molecular weight is 286 g/mol. The third-order valence-corrected chi connectivity index (χ3v) is 2.78. The van der Waals surface area contributed by atoms with Crippen molar-refractivity contribution in [3.63, 3.8) is 0 Å². The van der Waals surface area contributed by atoms with E-state index in [9.17, 15) is 9.59 Å². The number of rotatable bonds is 5.